The molecule has 1 aromatic heterocycles. The van der Waals surface area contributed by atoms with Gasteiger partial charge in [0.2, 0.25) is 0 Å². The van der Waals surface area contributed by atoms with E-state index in [2.05, 4.69) is 10.3 Å². The summed E-state index contributed by atoms with van der Waals surface area (Å²) in [7, 11) is 5.32. The number of benzene rings is 1. The number of aromatic nitrogens is 1. The van der Waals surface area contributed by atoms with Crippen LogP contribution in [0.2, 0.25) is 0 Å². The Morgan fingerprint density at radius 1 is 1.05 bits per heavy atom. The molecule has 4 heteroatoms. The molecule has 0 aliphatic heterocycles. The van der Waals surface area contributed by atoms with E-state index in [4.69, 9.17) is 9.47 Å². The van der Waals surface area contributed by atoms with Crippen molar-refractivity contribution in [3.05, 3.63) is 53.9 Å². The standard InChI is InChI=1S/C17H22N2O2/c1-18-14(11-10-13-7-4-5-12-19-13)17-15(20-2)8-6-9-16(17)21-3/h4-9,12,14,18H,10-11H2,1-3H3. The van der Waals surface area contributed by atoms with Crippen LogP contribution in [0.3, 0.4) is 0 Å². The summed E-state index contributed by atoms with van der Waals surface area (Å²) in [5.74, 6) is 1.68. The van der Waals surface area contributed by atoms with Gasteiger partial charge in [-0.2, -0.15) is 0 Å². The Morgan fingerprint density at radius 3 is 2.29 bits per heavy atom. The van der Waals surface area contributed by atoms with Gasteiger partial charge in [0.1, 0.15) is 11.5 Å². The topological polar surface area (TPSA) is 43.4 Å². The maximum Gasteiger partial charge on any atom is 0.127 e. The van der Waals surface area contributed by atoms with Crippen LogP contribution in [0, 0.1) is 0 Å². The van der Waals surface area contributed by atoms with Crippen molar-refractivity contribution in [2.45, 2.75) is 18.9 Å². The third-order valence-corrected chi connectivity index (χ3v) is 3.58. The van der Waals surface area contributed by atoms with Crippen molar-refractivity contribution in [1.29, 1.82) is 0 Å². The lowest BCUT2D eigenvalue weighted by atomic mass is 9.99. The lowest BCUT2D eigenvalue weighted by Crippen LogP contribution is -2.19. The second-order valence-electron chi connectivity index (χ2n) is 4.78. The Hall–Kier alpha value is -2.07. The number of pyridine rings is 1. The van der Waals surface area contributed by atoms with E-state index in [1.165, 1.54) is 0 Å². The number of hydrogen-bond acceptors (Lipinski definition) is 4. The fourth-order valence-corrected chi connectivity index (χ4v) is 2.49. The Morgan fingerprint density at radius 2 is 1.76 bits per heavy atom. The largest absolute Gasteiger partial charge is 0.496 e. The van der Waals surface area contributed by atoms with E-state index in [-0.39, 0.29) is 6.04 Å². The molecule has 1 aromatic carbocycles. The molecule has 0 aliphatic carbocycles. The van der Waals surface area contributed by atoms with Crippen molar-refractivity contribution in [2.75, 3.05) is 21.3 Å². The molecule has 2 rings (SSSR count). The summed E-state index contributed by atoms with van der Waals surface area (Å²) >= 11 is 0. The number of methoxy groups -OCH3 is 2. The molecule has 0 bridgehead atoms. The Labute approximate surface area is 126 Å². The van der Waals surface area contributed by atoms with Gasteiger partial charge in [-0.1, -0.05) is 12.1 Å². The van der Waals surface area contributed by atoms with Crippen LogP contribution in [0.1, 0.15) is 23.7 Å². The van der Waals surface area contributed by atoms with Gasteiger partial charge in [0.25, 0.3) is 0 Å². The second kappa shape index (κ2) is 7.64. The van der Waals surface area contributed by atoms with E-state index < -0.39 is 0 Å². The van der Waals surface area contributed by atoms with Crippen LogP contribution in [0.5, 0.6) is 11.5 Å². The number of ether oxygens (including phenoxy) is 2. The number of nitrogens with one attached hydrogen (secondary N) is 1. The second-order valence-corrected chi connectivity index (χ2v) is 4.78. The zero-order valence-corrected chi connectivity index (χ0v) is 12.8. The van der Waals surface area contributed by atoms with Gasteiger partial charge in [-0.05, 0) is 44.2 Å². The van der Waals surface area contributed by atoms with E-state index in [1.54, 1.807) is 14.2 Å². The van der Waals surface area contributed by atoms with Crippen LogP contribution in [-0.4, -0.2) is 26.3 Å². The average molecular weight is 286 g/mol. The Bertz CT molecular complexity index is 536. The zero-order chi connectivity index (χ0) is 15.1. The molecule has 4 nitrogen and oxygen atoms in total. The number of rotatable bonds is 7. The summed E-state index contributed by atoms with van der Waals surface area (Å²) in [6.45, 7) is 0. The molecule has 21 heavy (non-hydrogen) atoms. The first-order chi connectivity index (χ1) is 10.3. The molecule has 1 heterocycles. The monoisotopic (exact) mass is 286 g/mol. The molecule has 0 spiro atoms. The summed E-state index contributed by atoms with van der Waals surface area (Å²) < 4.78 is 11.0. The third-order valence-electron chi connectivity index (χ3n) is 3.58. The molecular weight excluding hydrogens is 264 g/mol. The van der Waals surface area contributed by atoms with Crippen LogP contribution < -0.4 is 14.8 Å². The molecule has 1 atom stereocenters. The fraction of sp³-hybridized carbons (Fsp3) is 0.353. The van der Waals surface area contributed by atoms with E-state index in [9.17, 15) is 0 Å². The van der Waals surface area contributed by atoms with Crippen LogP contribution >= 0.6 is 0 Å². The summed E-state index contributed by atoms with van der Waals surface area (Å²) in [5.41, 5.74) is 2.15. The molecule has 0 fully saturated rings. The van der Waals surface area contributed by atoms with Crippen molar-refractivity contribution >= 4 is 0 Å². The summed E-state index contributed by atoms with van der Waals surface area (Å²) in [4.78, 5) is 4.37. The van der Waals surface area contributed by atoms with Crippen molar-refractivity contribution in [3.63, 3.8) is 0 Å². The summed E-state index contributed by atoms with van der Waals surface area (Å²) in [6.07, 6.45) is 3.64. The maximum absolute atomic E-state index is 5.49. The SMILES string of the molecule is CNC(CCc1ccccn1)c1c(OC)cccc1OC. The van der Waals surface area contributed by atoms with Crippen LogP contribution in [0.15, 0.2) is 42.6 Å². The fourth-order valence-electron chi connectivity index (χ4n) is 2.49. The van der Waals surface area contributed by atoms with E-state index in [0.717, 1.165) is 35.6 Å². The van der Waals surface area contributed by atoms with Gasteiger partial charge in [-0.15, -0.1) is 0 Å². The van der Waals surface area contributed by atoms with Crippen LogP contribution in [0.4, 0.5) is 0 Å². The van der Waals surface area contributed by atoms with Gasteiger partial charge in [0.15, 0.2) is 0 Å². The van der Waals surface area contributed by atoms with Crippen molar-refractivity contribution in [2.24, 2.45) is 0 Å². The van der Waals surface area contributed by atoms with Gasteiger partial charge in [-0.3, -0.25) is 4.98 Å². The lowest BCUT2D eigenvalue weighted by molar-refractivity contribution is 0.370. The van der Waals surface area contributed by atoms with Gasteiger partial charge in [0.05, 0.1) is 19.8 Å². The van der Waals surface area contributed by atoms with Crippen LogP contribution in [0.25, 0.3) is 0 Å². The van der Waals surface area contributed by atoms with Gasteiger partial charge in [-0.25, -0.2) is 0 Å². The van der Waals surface area contributed by atoms with Gasteiger partial charge >= 0.3 is 0 Å². The quantitative estimate of drug-likeness (QED) is 0.849. The van der Waals surface area contributed by atoms with Crippen molar-refractivity contribution < 1.29 is 9.47 Å². The normalized spacial score (nSPS) is 12.0. The lowest BCUT2D eigenvalue weighted by Gasteiger charge is -2.21. The minimum atomic E-state index is 0.151. The molecule has 0 radical (unpaired) electrons. The van der Waals surface area contributed by atoms with Gasteiger partial charge in [0, 0.05) is 17.9 Å². The zero-order valence-electron chi connectivity index (χ0n) is 12.8. The highest BCUT2D eigenvalue weighted by Crippen LogP contribution is 2.35. The Balaban J connectivity index is 2.21. The summed E-state index contributed by atoms with van der Waals surface area (Å²) in [5, 5.41) is 3.35. The van der Waals surface area contributed by atoms with Gasteiger partial charge < -0.3 is 14.8 Å². The number of aryl methyl sites for hydroxylation is 1. The average Bonchev–Trinajstić information content (AvgIpc) is 2.56. The smallest absolute Gasteiger partial charge is 0.127 e. The molecule has 2 aromatic rings. The third kappa shape index (κ3) is 3.73. The predicted octanol–water partition coefficient (Wildman–Crippen LogP) is 2.99. The van der Waals surface area contributed by atoms with E-state index in [1.807, 2.05) is 49.6 Å². The highest BCUT2D eigenvalue weighted by Gasteiger charge is 2.19. The van der Waals surface area contributed by atoms with Crippen molar-refractivity contribution in [1.82, 2.24) is 10.3 Å². The highest BCUT2D eigenvalue weighted by atomic mass is 16.5. The molecule has 1 unspecified atom stereocenters. The number of nitrogens with zero attached hydrogens (tertiary/aromatic N) is 1. The molecular formula is C17H22N2O2. The maximum atomic E-state index is 5.49. The number of hydrogen-bond donors (Lipinski definition) is 1. The minimum absolute atomic E-state index is 0.151. The molecule has 0 aliphatic rings. The summed E-state index contributed by atoms with van der Waals surface area (Å²) in [6, 6.07) is 12.0. The van der Waals surface area contributed by atoms with Crippen LogP contribution in [-0.2, 0) is 6.42 Å². The Kier molecular flexibility index (Phi) is 5.58. The van der Waals surface area contributed by atoms with Crippen molar-refractivity contribution in [3.8, 4) is 11.5 Å². The highest BCUT2D eigenvalue weighted by molar-refractivity contribution is 5.47. The first kappa shape index (κ1) is 15.3. The first-order valence-corrected chi connectivity index (χ1v) is 7.08. The minimum Gasteiger partial charge on any atom is -0.496 e. The van der Waals surface area contributed by atoms with E-state index >= 15 is 0 Å². The predicted molar refractivity (Wildman–Crippen MR) is 83.9 cm³/mol. The first-order valence-electron chi connectivity index (χ1n) is 7.08. The molecule has 1 N–H and O–H groups in total. The molecule has 112 valence electrons. The molecule has 0 saturated carbocycles. The molecule has 0 amide bonds. The molecule has 0 saturated heterocycles. The van der Waals surface area contributed by atoms with E-state index in [0.29, 0.717) is 0 Å².